The number of halogens is 1. The third-order valence-corrected chi connectivity index (χ3v) is 3.06. The molecule has 0 aliphatic heterocycles. The van der Waals surface area contributed by atoms with Crippen LogP contribution in [0.25, 0.3) is 0 Å². The Kier molecular flexibility index (Phi) is 3.46. The molecule has 2 rings (SSSR count). The molecule has 1 N–H and O–H groups in total. The van der Waals surface area contributed by atoms with Crippen LogP contribution in [0.5, 0.6) is 0 Å². The lowest BCUT2D eigenvalue weighted by Crippen LogP contribution is -2.17. The van der Waals surface area contributed by atoms with Crippen molar-refractivity contribution in [3.05, 3.63) is 40.5 Å². The van der Waals surface area contributed by atoms with Gasteiger partial charge in [0.2, 0.25) is 0 Å². The van der Waals surface area contributed by atoms with Crippen LogP contribution in [0.1, 0.15) is 24.3 Å². The molecule has 0 saturated heterocycles. The maximum absolute atomic E-state index is 5.39. The van der Waals surface area contributed by atoms with E-state index in [1.165, 1.54) is 0 Å². The number of furan rings is 1. The molecule has 2 aromatic rings. The first-order valence-electron chi connectivity index (χ1n) is 5.10. The molecular weight excluding hydrogens is 270 g/mol. The molecule has 0 spiro atoms. The van der Waals surface area contributed by atoms with Gasteiger partial charge in [0.15, 0.2) is 0 Å². The van der Waals surface area contributed by atoms with Crippen molar-refractivity contribution >= 4 is 15.9 Å². The molecule has 4 nitrogen and oxygen atoms in total. The van der Waals surface area contributed by atoms with Crippen LogP contribution < -0.4 is 5.32 Å². The molecule has 0 saturated carbocycles. The molecule has 0 aromatic carbocycles. The van der Waals surface area contributed by atoms with Crippen LogP contribution in [0.4, 0.5) is 0 Å². The zero-order valence-electron chi connectivity index (χ0n) is 9.27. The van der Waals surface area contributed by atoms with E-state index in [1.807, 2.05) is 25.5 Å². The summed E-state index contributed by atoms with van der Waals surface area (Å²) in [6, 6.07) is 2.07. The minimum atomic E-state index is 0.171. The maximum Gasteiger partial charge on any atom is 0.134 e. The Morgan fingerprint density at radius 3 is 3.00 bits per heavy atom. The van der Waals surface area contributed by atoms with E-state index in [4.69, 9.17) is 4.42 Å². The monoisotopic (exact) mass is 283 g/mol. The first-order valence-corrected chi connectivity index (χ1v) is 5.90. The smallest absolute Gasteiger partial charge is 0.134 e. The second-order valence-electron chi connectivity index (χ2n) is 3.76. The summed E-state index contributed by atoms with van der Waals surface area (Å²) < 4.78 is 8.18. The standard InChI is InChI=1S/C11H14BrN3O/c1-8(11-10(12)3-4-16-11)13-5-9-6-14-15(2)7-9/h3-4,6-8,13H,5H2,1-2H3. The summed E-state index contributed by atoms with van der Waals surface area (Å²) in [7, 11) is 1.91. The molecule has 16 heavy (non-hydrogen) atoms. The van der Waals surface area contributed by atoms with E-state index in [-0.39, 0.29) is 6.04 Å². The highest BCUT2D eigenvalue weighted by Gasteiger charge is 2.12. The van der Waals surface area contributed by atoms with Gasteiger partial charge < -0.3 is 9.73 Å². The van der Waals surface area contributed by atoms with Crippen LogP contribution in [0.2, 0.25) is 0 Å². The fourth-order valence-electron chi connectivity index (χ4n) is 1.54. The summed E-state index contributed by atoms with van der Waals surface area (Å²) >= 11 is 3.45. The molecule has 0 bridgehead atoms. The van der Waals surface area contributed by atoms with Crippen molar-refractivity contribution in [3.63, 3.8) is 0 Å². The molecule has 5 heteroatoms. The number of aryl methyl sites for hydroxylation is 1. The van der Waals surface area contributed by atoms with E-state index in [2.05, 4.69) is 33.3 Å². The van der Waals surface area contributed by atoms with Gasteiger partial charge in [-0.2, -0.15) is 5.10 Å². The Hall–Kier alpha value is -1.07. The zero-order valence-corrected chi connectivity index (χ0v) is 10.9. The van der Waals surface area contributed by atoms with Crippen molar-refractivity contribution in [2.24, 2.45) is 7.05 Å². The lowest BCUT2D eigenvalue weighted by atomic mass is 10.2. The predicted octanol–water partition coefficient (Wildman–Crippen LogP) is 2.63. The molecule has 2 heterocycles. The molecule has 0 aliphatic carbocycles. The molecule has 1 unspecified atom stereocenters. The molecule has 2 aromatic heterocycles. The van der Waals surface area contributed by atoms with Gasteiger partial charge in [-0.15, -0.1) is 0 Å². The predicted molar refractivity (Wildman–Crippen MR) is 64.9 cm³/mol. The highest BCUT2D eigenvalue weighted by atomic mass is 79.9. The Morgan fingerprint density at radius 2 is 2.44 bits per heavy atom. The van der Waals surface area contributed by atoms with Crippen LogP contribution in [0.3, 0.4) is 0 Å². The first kappa shape index (κ1) is 11.4. The van der Waals surface area contributed by atoms with E-state index >= 15 is 0 Å². The molecule has 86 valence electrons. The van der Waals surface area contributed by atoms with Crippen LogP contribution in [0, 0.1) is 0 Å². The highest BCUT2D eigenvalue weighted by Crippen LogP contribution is 2.24. The number of nitrogens with one attached hydrogen (secondary N) is 1. The van der Waals surface area contributed by atoms with Gasteiger partial charge in [-0.3, -0.25) is 4.68 Å². The average molecular weight is 284 g/mol. The fourth-order valence-corrected chi connectivity index (χ4v) is 2.09. The molecular formula is C11H14BrN3O. The number of rotatable bonds is 4. The van der Waals surface area contributed by atoms with Gasteiger partial charge in [-0.25, -0.2) is 0 Å². The summed E-state index contributed by atoms with van der Waals surface area (Å²) in [5.41, 5.74) is 1.16. The quantitative estimate of drug-likeness (QED) is 0.938. The number of nitrogens with zero attached hydrogens (tertiary/aromatic N) is 2. The average Bonchev–Trinajstić information content (AvgIpc) is 2.84. The van der Waals surface area contributed by atoms with Crippen molar-refractivity contribution in [1.82, 2.24) is 15.1 Å². The van der Waals surface area contributed by atoms with Crippen molar-refractivity contribution in [2.45, 2.75) is 19.5 Å². The number of hydrogen-bond acceptors (Lipinski definition) is 3. The fraction of sp³-hybridized carbons (Fsp3) is 0.364. The van der Waals surface area contributed by atoms with Crippen molar-refractivity contribution in [2.75, 3.05) is 0 Å². The molecule has 0 fully saturated rings. The Labute approximate surface area is 103 Å². The van der Waals surface area contributed by atoms with E-state index in [1.54, 1.807) is 10.9 Å². The minimum absolute atomic E-state index is 0.171. The SMILES string of the molecule is CC(NCc1cnn(C)c1)c1occc1Br. The second-order valence-corrected chi connectivity index (χ2v) is 4.61. The lowest BCUT2D eigenvalue weighted by molar-refractivity contribution is 0.428. The van der Waals surface area contributed by atoms with Gasteiger partial charge in [0.1, 0.15) is 5.76 Å². The summed E-state index contributed by atoms with van der Waals surface area (Å²) in [6.45, 7) is 2.85. The normalized spacial score (nSPS) is 12.9. The van der Waals surface area contributed by atoms with Gasteiger partial charge in [0, 0.05) is 25.4 Å². The summed E-state index contributed by atoms with van der Waals surface area (Å²) in [5, 5.41) is 7.50. The van der Waals surface area contributed by atoms with Gasteiger partial charge in [-0.05, 0) is 28.9 Å². The molecule has 0 amide bonds. The van der Waals surface area contributed by atoms with Crippen LogP contribution >= 0.6 is 15.9 Å². The molecule has 0 aliphatic rings. The van der Waals surface area contributed by atoms with Crippen LogP contribution in [-0.4, -0.2) is 9.78 Å². The highest BCUT2D eigenvalue weighted by molar-refractivity contribution is 9.10. The summed E-state index contributed by atoms with van der Waals surface area (Å²) in [6.07, 6.45) is 5.54. The largest absolute Gasteiger partial charge is 0.466 e. The van der Waals surface area contributed by atoms with Gasteiger partial charge in [0.25, 0.3) is 0 Å². The Balaban J connectivity index is 1.93. The van der Waals surface area contributed by atoms with Crippen molar-refractivity contribution in [1.29, 1.82) is 0 Å². The van der Waals surface area contributed by atoms with E-state index in [9.17, 15) is 0 Å². The van der Waals surface area contributed by atoms with Crippen LogP contribution in [-0.2, 0) is 13.6 Å². The number of hydrogen-bond donors (Lipinski definition) is 1. The lowest BCUT2D eigenvalue weighted by Gasteiger charge is -2.10. The van der Waals surface area contributed by atoms with Gasteiger partial charge in [-0.1, -0.05) is 0 Å². The molecule has 1 atom stereocenters. The third kappa shape index (κ3) is 2.54. The van der Waals surface area contributed by atoms with E-state index < -0.39 is 0 Å². The van der Waals surface area contributed by atoms with Gasteiger partial charge in [0.05, 0.1) is 23.0 Å². The Bertz CT molecular complexity index is 463. The van der Waals surface area contributed by atoms with E-state index in [0.717, 1.165) is 22.3 Å². The molecule has 0 radical (unpaired) electrons. The second kappa shape index (κ2) is 4.84. The first-order chi connectivity index (χ1) is 7.66. The minimum Gasteiger partial charge on any atom is -0.466 e. The maximum atomic E-state index is 5.39. The summed E-state index contributed by atoms with van der Waals surface area (Å²) in [4.78, 5) is 0. The van der Waals surface area contributed by atoms with Crippen molar-refractivity contribution in [3.8, 4) is 0 Å². The number of aromatic nitrogens is 2. The Morgan fingerprint density at radius 1 is 1.62 bits per heavy atom. The van der Waals surface area contributed by atoms with Crippen LogP contribution in [0.15, 0.2) is 33.6 Å². The summed E-state index contributed by atoms with van der Waals surface area (Å²) in [5.74, 6) is 0.920. The zero-order chi connectivity index (χ0) is 11.5. The van der Waals surface area contributed by atoms with E-state index in [0.29, 0.717) is 0 Å². The topological polar surface area (TPSA) is 43.0 Å². The third-order valence-electron chi connectivity index (χ3n) is 2.41. The van der Waals surface area contributed by atoms with Crippen molar-refractivity contribution < 1.29 is 4.42 Å². The van der Waals surface area contributed by atoms with Gasteiger partial charge >= 0.3 is 0 Å².